The second-order valence-electron chi connectivity index (χ2n) is 5.51. The van der Waals surface area contributed by atoms with Crippen LogP contribution in [0.4, 0.5) is 0 Å². The van der Waals surface area contributed by atoms with Gasteiger partial charge in [0.05, 0.1) is 24.8 Å². The second-order valence-corrected chi connectivity index (χ2v) is 5.51. The summed E-state index contributed by atoms with van der Waals surface area (Å²) < 4.78 is 5.38. The van der Waals surface area contributed by atoms with E-state index in [1.165, 1.54) is 0 Å². The Morgan fingerprint density at radius 2 is 2.26 bits per heavy atom. The van der Waals surface area contributed by atoms with Gasteiger partial charge in [0, 0.05) is 17.3 Å². The normalized spacial score (nSPS) is 22.5. The molecule has 4 nitrogen and oxygen atoms in total. The number of hydrogen-bond acceptors (Lipinski definition) is 4. The Balaban J connectivity index is 2.22. The van der Waals surface area contributed by atoms with Crippen LogP contribution in [0.1, 0.15) is 36.6 Å². The summed E-state index contributed by atoms with van der Waals surface area (Å²) in [5, 5.41) is 3.30. The van der Waals surface area contributed by atoms with Crippen molar-refractivity contribution >= 4 is 5.78 Å². The number of pyridine rings is 1. The van der Waals surface area contributed by atoms with Crippen molar-refractivity contribution in [3.05, 3.63) is 23.0 Å². The zero-order valence-electron chi connectivity index (χ0n) is 12.2. The molecule has 1 fully saturated rings. The number of Topliss-reactive ketones (excluding diaryl/α,β-unsaturated/α-hetero) is 1. The topological polar surface area (TPSA) is 51.2 Å². The van der Waals surface area contributed by atoms with Crippen LogP contribution in [0.15, 0.2) is 6.20 Å². The van der Waals surface area contributed by atoms with E-state index in [0.29, 0.717) is 6.42 Å². The van der Waals surface area contributed by atoms with Crippen LogP contribution >= 0.6 is 0 Å². The summed E-state index contributed by atoms with van der Waals surface area (Å²) >= 11 is 0. The molecular weight excluding hydrogens is 240 g/mol. The van der Waals surface area contributed by atoms with Gasteiger partial charge >= 0.3 is 0 Å². The van der Waals surface area contributed by atoms with E-state index >= 15 is 0 Å². The predicted octanol–water partition coefficient (Wildman–Crippen LogP) is 1.96. The standard InChI is InChI=1S/C15H22N2O2/c1-10-9-16-12(11(2)14(10)19-4)8-13(18)15(3)6-5-7-17-15/h9,17H,5-8H2,1-4H3. The van der Waals surface area contributed by atoms with Crippen LogP contribution in [0.2, 0.25) is 0 Å². The zero-order valence-corrected chi connectivity index (χ0v) is 12.2. The first-order chi connectivity index (χ1) is 8.98. The van der Waals surface area contributed by atoms with E-state index in [1.807, 2.05) is 20.8 Å². The summed E-state index contributed by atoms with van der Waals surface area (Å²) in [6, 6.07) is 0. The molecule has 4 heteroatoms. The molecular formula is C15H22N2O2. The lowest BCUT2D eigenvalue weighted by atomic mass is 9.90. The lowest BCUT2D eigenvalue weighted by Crippen LogP contribution is -2.45. The highest BCUT2D eigenvalue weighted by atomic mass is 16.5. The molecule has 1 aromatic heterocycles. The summed E-state index contributed by atoms with van der Waals surface area (Å²) in [5.74, 6) is 1.05. The van der Waals surface area contributed by atoms with E-state index in [1.54, 1.807) is 13.3 Å². The zero-order chi connectivity index (χ0) is 14.0. The van der Waals surface area contributed by atoms with E-state index in [-0.39, 0.29) is 11.3 Å². The molecule has 104 valence electrons. The van der Waals surface area contributed by atoms with Crippen molar-refractivity contribution in [2.45, 2.75) is 45.6 Å². The molecule has 1 aliphatic heterocycles. The molecule has 1 saturated heterocycles. The van der Waals surface area contributed by atoms with Gasteiger partial charge in [-0.2, -0.15) is 0 Å². The number of methoxy groups -OCH3 is 1. The molecule has 0 spiro atoms. The fraction of sp³-hybridized carbons (Fsp3) is 0.600. The third-order valence-electron chi connectivity index (χ3n) is 4.06. The molecule has 19 heavy (non-hydrogen) atoms. The summed E-state index contributed by atoms with van der Waals surface area (Å²) in [7, 11) is 1.65. The Hall–Kier alpha value is -1.42. The van der Waals surface area contributed by atoms with Gasteiger partial charge in [-0.3, -0.25) is 9.78 Å². The molecule has 2 rings (SSSR count). The monoisotopic (exact) mass is 262 g/mol. The number of aryl methyl sites for hydroxylation is 1. The van der Waals surface area contributed by atoms with E-state index in [9.17, 15) is 4.79 Å². The number of aromatic nitrogens is 1. The molecule has 0 bridgehead atoms. The third kappa shape index (κ3) is 2.63. The highest BCUT2D eigenvalue weighted by molar-refractivity contribution is 5.90. The second kappa shape index (κ2) is 5.29. The number of ether oxygens (including phenoxy) is 1. The Morgan fingerprint density at radius 3 is 2.84 bits per heavy atom. The molecule has 1 aliphatic rings. The van der Waals surface area contributed by atoms with Crippen LogP contribution in [0, 0.1) is 13.8 Å². The van der Waals surface area contributed by atoms with Crippen molar-refractivity contribution in [1.29, 1.82) is 0 Å². The molecule has 0 aromatic carbocycles. The van der Waals surface area contributed by atoms with Crippen molar-refractivity contribution in [1.82, 2.24) is 10.3 Å². The third-order valence-corrected chi connectivity index (χ3v) is 4.06. The summed E-state index contributed by atoms with van der Waals surface area (Å²) in [4.78, 5) is 16.8. The smallest absolute Gasteiger partial charge is 0.158 e. The van der Waals surface area contributed by atoms with Crippen LogP contribution < -0.4 is 10.1 Å². The molecule has 1 aromatic rings. The number of rotatable bonds is 4. The Morgan fingerprint density at radius 1 is 1.53 bits per heavy atom. The van der Waals surface area contributed by atoms with Gasteiger partial charge in [0.15, 0.2) is 5.78 Å². The predicted molar refractivity (Wildman–Crippen MR) is 74.6 cm³/mol. The minimum Gasteiger partial charge on any atom is -0.496 e. The van der Waals surface area contributed by atoms with E-state index < -0.39 is 0 Å². The number of ketones is 1. The number of carbonyl (C=O) groups is 1. The molecule has 0 saturated carbocycles. The maximum Gasteiger partial charge on any atom is 0.158 e. The minimum absolute atomic E-state index is 0.214. The molecule has 2 heterocycles. The first-order valence-corrected chi connectivity index (χ1v) is 6.75. The highest BCUT2D eigenvalue weighted by Gasteiger charge is 2.35. The maximum atomic E-state index is 12.4. The molecule has 1 atom stereocenters. The van der Waals surface area contributed by atoms with Gasteiger partial charge in [-0.25, -0.2) is 0 Å². The average molecular weight is 262 g/mol. The SMILES string of the molecule is COc1c(C)cnc(CC(=O)C2(C)CCCN2)c1C. The van der Waals surface area contributed by atoms with Crippen molar-refractivity contribution in [2.75, 3.05) is 13.7 Å². The van der Waals surface area contributed by atoms with Gasteiger partial charge in [-0.05, 0) is 40.2 Å². The number of nitrogens with one attached hydrogen (secondary N) is 1. The van der Waals surface area contributed by atoms with E-state index in [4.69, 9.17) is 4.74 Å². The van der Waals surface area contributed by atoms with Gasteiger partial charge in [-0.1, -0.05) is 0 Å². The maximum absolute atomic E-state index is 12.4. The molecule has 0 amide bonds. The number of nitrogens with zero attached hydrogens (tertiary/aromatic N) is 1. The fourth-order valence-corrected chi connectivity index (χ4v) is 2.73. The van der Waals surface area contributed by atoms with Gasteiger partial charge in [0.1, 0.15) is 5.75 Å². The quantitative estimate of drug-likeness (QED) is 0.901. The Kier molecular flexibility index (Phi) is 3.90. The highest BCUT2D eigenvalue weighted by Crippen LogP contribution is 2.26. The molecule has 1 unspecified atom stereocenters. The fourth-order valence-electron chi connectivity index (χ4n) is 2.73. The molecule has 0 aliphatic carbocycles. The van der Waals surface area contributed by atoms with Gasteiger partial charge in [0.2, 0.25) is 0 Å². The van der Waals surface area contributed by atoms with E-state index in [0.717, 1.165) is 42.0 Å². The van der Waals surface area contributed by atoms with Crippen molar-refractivity contribution in [2.24, 2.45) is 0 Å². The van der Waals surface area contributed by atoms with Crippen LogP contribution in [-0.2, 0) is 11.2 Å². The Bertz CT molecular complexity index is 491. The summed E-state index contributed by atoms with van der Waals surface area (Å²) in [6.07, 6.45) is 4.12. The number of carbonyl (C=O) groups excluding carboxylic acids is 1. The van der Waals surface area contributed by atoms with Gasteiger partial charge in [-0.15, -0.1) is 0 Å². The van der Waals surface area contributed by atoms with Crippen LogP contribution in [0.5, 0.6) is 5.75 Å². The largest absolute Gasteiger partial charge is 0.496 e. The van der Waals surface area contributed by atoms with E-state index in [2.05, 4.69) is 10.3 Å². The van der Waals surface area contributed by atoms with Gasteiger partial charge in [0.25, 0.3) is 0 Å². The van der Waals surface area contributed by atoms with Crippen LogP contribution in [0.3, 0.4) is 0 Å². The van der Waals surface area contributed by atoms with Crippen molar-refractivity contribution in [3.8, 4) is 5.75 Å². The molecule has 0 radical (unpaired) electrons. The first kappa shape index (κ1) is 14.0. The lowest BCUT2D eigenvalue weighted by molar-refractivity contribution is -0.123. The van der Waals surface area contributed by atoms with Crippen molar-refractivity contribution in [3.63, 3.8) is 0 Å². The molecule has 1 N–H and O–H groups in total. The summed E-state index contributed by atoms with van der Waals surface area (Å²) in [5.41, 5.74) is 2.41. The van der Waals surface area contributed by atoms with Crippen LogP contribution in [0.25, 0.3) is 0 Å². The Labute approximate surface area is 114 Å². The minimum atomic E-state index is -0.383. The number of hydrogen-bond donors (Lipinski definition) is 1. The summed E-state index contributed by atoms with van der Waals surface area (Å²) in [6.45, 7) is 6.84. The van der Waals surface area contributed by atoms with Gasteiger partial charge < -0.3 is 10.1 Å². The van der Waals surface area contributed by atoms with Crippen molar-refractivity contribution < 1.29 is 9.53 Å². The average Bonchev–Trinajstić information content (AvgIpc) is 2.82. The van der Waals surface area contributed by atoms with Crippen LogP contribution in [-0.4, -0.2) is 30.0 Å². The first-order valence-electron chi connectivity index (χ1n) is 6.75. The lowest BCUT2D eigenvalue weighted by Gasteiger charge is -2.23.